The molecule has 23 heavy (non-hydrogen) atoms. The van der Waals surface area contributed by atoms with Crippen molar-refractivity contribution >= 4 is 45.3 Å². The Bertz CT molecular complexity index is 812. The predicted molar refractivity (Wildman–Crippen MR) is 91.0 cm³/mol. The van der Waals surface area contributed by atoms with Crippen molar-refractivity contribution in [2.45, 2.75) is 31.8 Å². The lowest BCUT2D eigenvalue weighted by Gasteiger charge is -2.10. The molecule has 0 aliphatic heterocycles. The summed E-state index contributed by atoms with van der Waals surface area (Å²) in [5.74, 6) is 0.413. The maximum Gasteiger partial charge on any atom is 0.413 e. The van der Waals surface area contributed by atoms with Gasteiger partial charge in [-0.2, -0.15) is 0 Å². The van der Waals surface area contributed by atoms with Gasteiger partial charge in [0.25, 0.3) is 5.56 Å². The molecule has 124 valence electrons. The highest BCUT2D eigenvalue weighted by Crippen LogP contribution is 2.26. The summed E-state index contributed by atoms with van der Waals surface area (Å²) in [6, 6.07) is 0. The van der Waals surface area contributed by atoms with Crippen LogP contribution in [0.3, 0.4) is 0 Å². The Labute approximate surface area is 140 Å². The lowest BCUT2D eigenvalue weighted by molar-refractivity contribution is -0.119. The molecule has 2 amide bonds. The van der Waals surface area contributed by atoms with E-state index in [4.69, 9.17) is 0 Å². The number of nitrogens with zero attached hydrogens (tertiary/aromatic N) is 1. The number of alkyl carbamates (subject to hydrolysis) is 1. The highest BCUT2D eigenvalue weighted by molar-refractivity contribution is 7.99. The van der Waals surface area contributed by atoms with E-state index < -0.39 is 17.3 Å². The minimum atomic E-state index is -0.792. The number of amides is 2. The molecule has 9 heteroatoms. The van der Waals surface area contributed by atoms with Gasteiger partial charge in [0.1, 0.15) is 10.7 Å². The summed E-state index contributed by atoms with van der Waals surface area (Å²) in [6.45, 7) is 5.52. The number of carbonyl (C=O) groups is 2. The Balaban J connectivity index is 2.09. The summed E-state index contributed by atoms with van der Waals surface area (Å²) >= 11 is 2.75. The number of H-pyrrole nitrogens is 1. The molecule has 0 aromatic carbocycles. The topological polar surface area (TPSA) is 101 Å². The van der Waals surface area contributed by atoms with Crippen molar-refractivity contribution in [1.29, 1.82) is 0 Å². The molecule has 0 unspecified atom stereocenters. The molecule has 2 heterocycles. The van der Waals surface area contributed by atoms with Crippen molar-refractivity contribution in [3.63, 3.8) is 0 Å². The fraction of sp³-hybridized carbons (Fsp3) is 0.429. The lowest BCUT2D eigenvalue weighted by atomic mass is 10.2. The van der Waals surface area contributed by atoms with Crippen molar-refractivity contribution in [3.8, 4) is 0 Å². The van der Waals surface area contributed by atoms with Crippen LogP contribution in [0.25, 0.3) is 10.2 Å². The number of ether oxygens (including phenoxy) is 1. The van der Waals surface area contributed by atoms with Crippen LogP contribution in [0.4, 0.5) is 4.79 Å². The number of methoxy groups -OCH3 is 1. The fourth-order valence-corrected chi connectivity index (χ4v) is 3.70. The Morgan fingerprint density at radius 2 is 2.13 bits per heavy atom. The first-order chi connectivity index (χ1) is 10.8. The maximum absolute atomic E-state index is 12.2. The maximum atomic E-state index is 12.2. The second kappa shape index (κ2) is 7.14. The summed E-state index contributed by atoms with van der Waals surface area (Å²) in [4.78, 5) is 43.9. The average molecular weight is 355 g/mol. The summed E-state index contributed by atoms with van der Waals surface area (Å²) < 4.78 is 4.37. The molecule has 1 atom stereocenters. The van der Waals surface area contributed by atoms with E-state index in [1.165, 1.54) is 30.2 Å². The number of aryl methyl sites for hydroxylation is 2. The average Bonchev–Trinajstić information content (AvgIpc) is 2.79. The second-order valence-corrected chi connectivity index (χ2v) is 7.44. The Kier molecular flexibility index (Phi) is 5.42. The number of fused-ring (bicyclic) bond motifs is 1. The highest BCUT2D eigenvalue weighted by Gasteiger charge is 2.18. The molecule has 0 saturated heterocycles. The van der Waals surface area contributed by atoms with Crippen LogP contribution in [0, 0.1) is 13.8 Å². The van der Waals surface area contributed by atoms with Gasteiger partial charge in [0.05, 0.1) is 23.5 Å². The molecule has 0 spiro atoms. The summed E-state index contributed by atoms with van der Waals surface area (Å²) in [5, 5.41) is 2.24. The van der Waals surface area contributed by atoms with Gasteiger partial charge in [-0.1, -0.05) is 0 Å². The van der Waals surface area contributed by atoms with Gasteiger partial charge < -0.3 is 9.72 Å². The molecule has 2 N–H and O–H groups in total. The monoisotopic (exact) mass is 355 g/mol. The highest BCUT2D eigenvalue weighted by atomic mass is 32.2. The molecular formula is C14H17N3O4S2. The molecule has 0 aliphatic carbocycles. The lowest BCUT2D eigenvalue weighted by Crippen LogP contribution is -2.36. The van der Waals surface area contributed by atoms with Crippen molar-refractivity contribution in [2.75, 3.05) is 7.11 Å². The van der Waals surface area contributed by atoms with E-state index in [-0.39, 0.29) is 5.56 Å². The third kappa shape index (κ3) is 3.91. The molecule has 2 aromatic rings. The van der Waals surface area contributed by atoms with Gasteiger partial charge in [-0.25, -0.2) is 9.78 Å². The SMILES string of the molecule is COC(=O)NC(=O)[C@H](C)SCc1nc2sc(C)c(C)c2c(=O)[nH]1. The molecule has 0 saturated carbocycles. The van der Waals surface area contributed by atoms with E-state index in [1.54, 1.807) is 6.92 Å². The van der Waals surface area contributed by atoms with Gasteiger partial charge in [0.2, 0.25) is 5.91 Å². The fourth-order valence-electron chi connectivity index (χ4n) is 1.90. The summed E-state index contributed by atoms with van der Waals surface area (Å²) in [7, 11) is 1.19. The Morgan fingerprint density at radius 3 is 2.78 bits per heavy atom. The van der Waals surface area contributed by atoms with E-state index in [2.05, 4.69) is 20.0 Å². The minimum Gasteiger partial charge on any atom is -0.453 e. The number of aromatic nitrogens is 2. The van der Waals surface area contributed by atoms with E-state index in [1.807, 2.05) is 13.8 Å². The Morgan fingerprint density at radius 1 is 1.43 bits per heavy atom. The Hall–Kier alpha value is -1.87. The van der Waals surface area contributed by atoms with Crippen molar-refractivity contribution in [1.82, 2.24) is 15.3 Å². The molecule has 0 fully saturated rings. The molecule has 0 aliphatic rings. The van der Waals surface area contributed by atoms with Crippen molar-refractivity contribution in [2.24, 2.45) is 0 Å². The number of carbonyl (C=O) groups excluding carboxylic acids is 2. The van der Waals surface area contributed by atoms with Crippen molar-refractivity contribution < 1.29 is 14.3 Å². The molecule has 0 radical (unpaired) electrons. The molecule has 2 rings (SSSR count). The smallest absolute Gasteiger partial charge is 0.413 e. The predicted octanol–water partition coefficient (Wildman–Crippen LogP) is 2.11. The van der Waals surface area contributed by atoms with Crippen LogP contribution in [-0.4, -0.2) is 34.3 Å². The van der Waals surface area contributed by atoms with Crippen molar-refractivity contribution in [3.05, 3.63) is 26.6 Å². The molecule has 7 nitrogen and oxygen atoms in total. The van der Waals surface area contributed by atoms with Crippen LogP contribution in [0.5, 0.6) is 0 Å². The van der Waals surface area contributed by atoms with Gasteiger partial charge in [-0.3, -0.25) is 14.9 Å². The normalized spacial score (nSPS) is 12.2. The minimum absolute atomic E-state index is 0.167. The van der Waals surface area contributed by atoms with Crippen LogP contribution in [-0.2, 0) is 15.3 Å². The van der Waals surface area contributed by atoms with Gasteiger partial charge in [-0.15, -0.1) is 23.1 Å². The zero-order chi connectivity index (χ0) is 17.1. The van der Waals surface area contributed by atoms with E-state index in [0.717, 1.165) is 10.4 Å². The standard InChI is InChI=1S/C14H17N3O4S2/c1-6-7(2)23-13-10(6)12(19)15-9(16-13)5-22-8(3)11(18)17-14(20)21-4/h8H,5H2,1-4H3,(H,15,16,19)(H,17,18,20)/t8-/m0/s1. The molecule has 0 bridgehead atoms. The largest absolute Gasteiger partial charge is 0.453 e. The number of aromatic amines is 1. The van der Waals surface area contributed by atoms with Crippen LogP contribution < -0.4 is 10.9 Å². The third-order valence-electron chi connectivity index (χ3n) is 3.34. The zero-order valence-corrected chi connectivity index (χ0v) is 14.8. The number of thioether (sulfide) groups is 1. The first-order valence-corrected chi connectivity index (χ1v) is 8.69. The number of hydrogen-bond donors (Lipinski definition) is 2. The van der Waals surface area contributed by atoms with Gasteiger partial charge >= 0.3 is 6.09 Å². The quantitative estimate of drug-likeness (QED) is 0.871. The van der Waals surface area contributed by atoms with Gasteiger partial charge in [-0.05, 0) is 26.3 Å². The summed E-state index contributed by atoms with van der Waals surface area (Å²) in [5.41, 5.74) is 0.780. The number of nitrogens with one attached hydrogen (secondary N) is 2. The van der Waals surface area contributed by atoms with E-state index in [9.17, 15) is 14.4 Å². The number of thiophene rings is 1. The van der Waals surface area contributed by atoms with E-state index in [0.29, 0.717) is 21.8 Å². The van der Waals surface area contributed by atoms with Gasteiger partial charge in [0, 0.05) is 4.88 Å². The summed E-state index contributed by atoms with van der Waals surface area (Å²) in [6.07, 6.45) is -0.792. The zero-order valence-electron chi connectivity index (χ0n) is 13.2. The number of hydrogen-bond acceptors (Lipinski definition) is 7. The van der Waals surface area contributed by atoms with E-state index >= 15 is 0 Å². The molecular weight excluding hydrogens is 338 g/mol. The van der Waals surface area contributed by atoms with Crippen LogP contribution in [0.2, 0.25) is 0 Å². The van der Waals surface area contributed by atoms with Crippen LogP contribution >= 0.6 is 23.1 Å². The number of rotatable bonds is 4. The van der Waals surface area contributed by atoms with Gasteiger partial charge in [0.15, 0.2) is 0 Å². The van der Waals surface area contributed by atoms with Crippen LogP contribution in [0.1, 0.15) is 23.2 Å². The first kappa shape index (κ1) is 17.5. The molecule has 2 aromatic heterocycles. The number of imide groups is 1. The third-order valence-corrected chi connectivity index (χ3v) is 5.59. The second-order valence-electron chi connectivity index (χ2n) is 4.91. The first-order valence-electron chi connectivity index (χ1n) is 6.82. The van der Waals surface area contributed by atoms with Crippen LogP contribution in [0.15, 0.2) is 4.79 Å².